The molecule has 0 fully saturated rings. The summed E-state index contributed by atoms with van der Waals surface area (Å²) in [6.07, 6.45) is 0.802. The molecule has 1 amide bonds. The summed E-state index contributed by atoms with van der Waals surface area (Å²) in [6, 6.07) is 9.28. The number of benzene rings is 1. The molecule has 1 aromatic carbocycles. The first kappa shape index (κ1) is 14.6. The predicted octanol–water partition coefficient (Wildman–Crippen LogP) is 3.43. The molecule has 2 rings (SSSR count). The van der Waals surface area contributed by atoms with Gasteiger partial charge in [-0.2, -0.15) is 0 Å². The fourth-order valence-electron chi connectivity index (χ4n) is 2.08. The van der Waals surface area contributed by atoms with E-state index >= 15 is 0 Å². The highest BCUT2D eigenvalue weighted by Crippen LogP contribution is 2.19. The lowest BCUT2D eigenvalue weighted by molar-refractivity contribution is 0.0937. The minimum atomic E-state index is -0.233. The monoisotopic (exact) mass is 289 g/mol. The standard InChI is InChI=1S/C16H19NO2S/c1-10-4-7-14(15(18)8-10)16(19)17-11(2)9-13-6-5-12(3)20-13/h4-8,11,18H,9H2,1-3H3,(H,17,19). The van der Waals surface area contributed by atoms with E-state index in [1.807, 2.05) is 19.9 Å². The second-order valence-corrected chi connectivity index (χ2v) is 6.48. The highest BCUT2D eigenvalue weighted by atomic mass is 32.1. The number of aromatic hydroxyl groups is 1. The first-order valence-electron chi connectivity index (χ1n) is 6.61. The molecule has 0 aliphatic heterocycles. The van der Waals surface area contributed by atoms with Gasteiger partial charge in [-0.25, -0.2) is 0 Å². The lowest BCUT2D eigenvalue weighted by atomic mass is 10.1. The first-order valence-corrected chi connectivity index (χ1v) is 7.43. The summed E-state index contributed by atoms with van der Waals surface area (Å²) in [5, 5.41) is 12.7. The topological polar surface area (TPSA) is 49.3 Å². The lowest BCUT2D eigenvalue weighted by Crippen LogP contribution is -2.33. The van der Waals surface area contributed by atoms with Crippen LogP contribution in [-0.2, 0) is 6.42 Å². The molecule has 0 saturated carbocycles. The Hall–Kier alpha value is -1.81. The zero-order valence-corrected chi connectivity index (χ0v) is 12.8. The molecule has 2 N–H and O–H groups in total. The fourth-order valence-corrected chi connectivity index (χ4v) is 3.10. The van der Waals surface area contributed by atoms with Gasteiger partial charge in [0.1, 0.15) is 5.75 Å². The van der Waals surface area contributed by atoms with Crippen molar-refractivity contribution in [1.29, 1.82) is 0 Å². The van der Waals surface area contributed by atoms with Crippen LogP contribution in [-0.4, -0.2) is 17.1 Å². The molecule has 0 radical (unpaired) electrons. The van der Waals surface area contributed by atoms with Crippen LogP contribution >= 0.6 is 11.3 Å². The van der Waals surface area contributed by atoms with Gasteiger partial charge in [0.15, 0.2) is 0 Å². The Morgan fingerprint density at radius 1 is 1.30 bits per heavy atom. The Morgan fingerprint density at radius 2 is 2.05 bits per heavy atom. The second kappa shape index (κ2) is 6.09. The molecular weight excluding hydrogens is 270 g/mol. The molecule has 0 aliphatic carbocycles. The van der Waals surface area contributed by atoms with Crippen molar-refractivity contribution >= 4 is 17.2 Å². The first-order chi connectivity index (χ1) is 9.45. The Balaban J connectivity index is 2.00. The third-order valence-corrected chi connectivity index (χ3v) is 4.10. The van der Waals surface area contributed by atoms with Crippen LogP contribution in [0.2, 0.25) is 0 Å². The third-order valence-electron chi connectivity index (χ3n) is 3.08. The number of rotatable bonds is 4. The lowest BCUT2D eigenvalue weighted by Gasteiger charge is -2.14. The SMILES string of the molecule is Cc1ccc(C(=O)NC(C)Cc2ccc(C)s2)c(O)c1. The van der Waals surface area contributed by atoms with Crippen molar-refractivity contribution in [2.24, 2.45) is 0 Å². The predicted molar refractivity (Wildman–Crippen MR) is 82.5 cm³/mol. The number of phenols is 1. The largest absolute Gasteiger partial charge is 0.507 e. The van der Waals surface area contributed by atoms with Crippen molar-refractivity contribution in [3.8, 4) is 5.75 Å². The van der Waals surface area contributed by atoms with E-state index in [1.54, 1.807) is 23.5 Å². The summed E-state index contributed by atoms with van der Waals surface area (Å²) < 4.78 is 0. The number of carbonyl (C=O) groups excluding carboxylic acids is 1. The molecule has 106 valence electrons. The maximum absolute atomic E-state index is 12.1. The molecular formula is C16H19NO2S. The summed E-state index contributed by atoms with van der Waals surface area (Å²) in [5.41, 5.74) is 1.26. The third kappa shape index (κ3) is 3.61. The van der Waals surface area contributed by atoms with Crippen LogP contribution in [0.25, 0.3) is 0 Å². The number of nitrogens with one attached hydrogen (secondary N) is 1. The van der Waals surface area contributed by atoms with Crippen LogP contribution < -0.4 is 5.32 Å². The molecule has 0 saturated heterocycles. The maximum Gasteiger partial charge on any atom is 0.255 e. The average molecular weight is 289 g/mol. The Kier molecular flexibility index (Phi) is 4.45. The summed E-state index contributed by atoms with van der Waals surface area (Å²) >= 11 is 1.74. The van der Waals surface area contributed by atoms with E-state index in [-0.39, 0.29) is 17.7 Å². The van der Waals surface area contributed by atoms with Gasteiger partial charge in [0, 0.05) is 22.2 Å². The number of thiophene rings is 1. The maximum atomic E-state index is 12.1. The summed E-state index contributed by atoms with van der Waals surface area (Å²) in [7, 11) is 0. The minimum absolute atomic E-state index is 0.0289. The van der Waals surface area contributed by atoms with Gasteiger partial charge >= 0.3 is 0 Å². The zero-order chi connectivity index (χ0) is 14.7. The zero-order valence-electron chi connectivity index (χ0n) is 11.9. The van der Waals surface area contributed by atoms with Crippen molar-refractivity contribution in [2.75, 3.05) is 0 Å². The van der Waals surface area contributed by atoms with E-state index in [0.717, 1.165) is 12.0 Å². The smallest absolute Gasteiger partial charge is 0.255 e. The van der Waals surface area contributed by atoms with Gasteiger partial charge < -0.3 is 10.4 Å². The molecule has 1 aromatic heterocycles. The van der Waals surface area contributed by atoms with Crippen LogP contribution in [0.5, 0.6) is 5.75 Å². The number of aryl methyl sites for hydroxylation is 2. The molecule has 3 nitrogen and oxygen atoms in total. The van der Waals surface area contributed by atoms with Gasteiger partial charge in [0.05, 0.1) is 5.56 Å². The normalized spacial score (nSPS) is 12.2. The number of hydrogen-bond donors (Lipinski definition) is 2. The number of amides is 1. The van der Waals surface area contributed by atoms with E-state index < -0.39 is 0 Å². The van der Waals surface area contributed by atoms with E-state index in [2.05, 4.69) is 24.4 Å². The van der Waals surface area contributed by atoms with Gasteiger partial charge in [-0.15, -0.1) is 11.3 Å². The molecule has 20 heavy (non-hydrogen) atoms. The number of carbonyl (C=O) groups is 1. The van der Waals surface area contributed by atoms with Crippen LogP contribution in [0.1, 0.15) is 32.6 Å². The van der Waals surface area contributed by atoms with Gasteiger partial charge in [-0.3, -0.25) is 4.79 Å². The highest BCUT2D eigenvalue weighted by Gasteiger charge is 2.14. The van der Waals surface area contributed by atoms with Gasteiger partial charge in [-0.05, 0) is 50.6 Å². The van der Waals surface area contributed by atoms with E-state index in [9.17, 15) is 9.90 Å². The highest BCUT2D eigenvalue weighted by molar-refractivity contribution is 7.11. The minimum Gasteiger partial charge on any atom is -0.507 e. The second-order valence-electron chi connectivity index (χ2n) is 5.11. The summed E-state index contributed by atoms with van der Waals surface area (Å²) in [5.74, 6) is -0.204. The molecule has 4 heteroatoms. The van der Waals surface area contributed by atoms with Gasteiger partial charge in [0.2, 0.25) is 0 Å². The van der Waals surface area contributed by atoms with Crippen LogP contribution in [0.3, 0.4) is 0 Å². The van der Waals surface area contributed by atoms with Crippen molar-refractivity contribution in [3.05, 3.63) is 51.2 Å². The Bertz CT molecular complexity index is 619. The molecule has 0 aliphatic rings. The number of phenolic OH excluding ortho intramolecular Hbond substituents is 1. The Morgan fingerprint density at radius 3 is 2.65 bits per heavy atom. The van der Waals surface area contributed by atoms with Crippen molar-refractivity contribution < 1.29 is 9.90 Å². The van der Waals surface area contributed by atoms with Crippen molar-refractivity contribution in [1.82, 2.24) is 5.32 Å². The van der Waals surface area contributed by atoms with Gasteiger partial charge in [-0.1, -0.05) is 6.07 Å². The quantitative estimate of drug-likeness (QED) is 0.906. The van der Waals surface area contributed by atoms with Crippen molar-refractivity contribution in [2.45, 2.75) is 33.2 Å². The Labute approximate surface area is 123 Å². The molecule has 1 heterocycles. The van der Waals surface area contributed by atoms with Crippen LogP contribution in [0.15, 0.2) is 30.3 Å². The van der Waals surface area contributed by atoms with Crippen LogP contribution in [0, 0.1) is 13.8 Å². The molecule has 1 unspecified atom stereocenters. The van der Waals surface area contributed by atoms with E-state index in [0.29, 0.717) is 5.56 Å². The van der Waals surface area contributed by atoms with Crippen molar-refractivity contribution in [3.63, 3.8) is 0 Å². The molecule has 0 bridgehead atoms. The average Bonchev–Trinajstić information content (AvgIpc) is 2.74. The van der Waals surface area contributed by atoms with Crippen LogP contribution in [0.4, 0.5) is 0 Å². The summed E-state index contributed by atoms with van der Waals surface area (Å²) in [4.78, 5) is 14.6. The van der Waals surface area contributed by atoms with E-state index in [4.69, 9.17) is 0 Å². The fraction of sp³-hybridized carbons (Fsp3) is 0.312. The van der Waals surface area contributed by atoms with Gasteiger partial charge in [0.25, 0.3) is 5.91 Å². The molecule has 2 aromatic rings. The molecule has 0 spiro atoms. The number of hydrogen-bond acceptors (Lipinski definition) is 3. The summed E-state index contributed by atoms with van der Waals surface area (Å²) in [6.45, 7) is 5.92. The molecule has 1 atom stereocenters. The van der Waals surface area contributed by atoms with E-state index in [1.165, 1.54) is 9.75 Å².